The molecule has 70 valence electrons. The highest BCUT2D eigenvalue weighted by molar-refractivity contribution is 5.44. The number of hydrogen-bond donors (Lipinski definition) is 0. The van der Waals surface area contributed by atoms with Crippen LogP contribution in [0.1, 0.15) is 20.8 Å². The summed E-state index contributed by atoms with van der Waals surface area (Å²) in [6.07, 6.45) is 7.53. The molecule has 0 fully saturated rings. The highest BCUT2D eigenvalue weighted by atomic mass is 14.9. The summed E-state index contributed by atoms with van der Waals surface area (Å²) in [7, 11) is 0. The van der Waals surface area contributed by atoms with Crippen LogP contribution in [-0.4, -0.2) is 9.38 Å². The van der Waals surface area contributed by atoms with E-state index in [1.807, 2.05) is 35.1 Å². The van der Waals surface area contributed by atoms with Gasteiger partial charge in [0.1, 0.15) is 0 Å². The Kier molecular flexibility index (Phi) is 3.50. The SMILES string of the molecule is CC(C)C.c1cc2cnccn2c1. The molecule has 0 aromatic carbocycles. The second-order valence-corrected chi connectivity index (χ2v) is 3.65. The molecule has 0 N–H and O–H groups in total. The largest absolute Gasteiger partial charge is 0.321 e. The fraction of sp³-hybridized carbons (Fsp3) is 0.364. The second kappa shape index (κ2) is 4.65. The Morgan fingerprint density at radius 2 is 1.92 bits per heavy atom. The average Bonchev–Trinajstić information content (AvgIpc) is 2.49. The Morgan fingerprint density at radius 1 is 1.23 bits per heavy atom. The number of fused-ring (bicyclic) bond motifs is 1. The Bertz CT molecular complexity index is 317. The second-order valence-electron chi connectivity index (χ2n) is 3.65. The third-order valence-corrected chi connectivity index (χ3v) is 1.33. The molecule has 0 unspecified atom stereocenters. The van der Waals surface area contributed by atoms with Gasteiger partial charge in [-0.1, -0.05) is 20.8 Å². The summed E-state index contributed by atoms with van der Waals surface area (Å²) >= 11 is 0. The zero-order valence-electron chi connectivity index (χ0n) is 8.44. The number of nitrogens with zero attached hydrogens (tertiary/aromatic N) is 2. The molecule has 13 heavy (non-hydrogen) atoms. The molecule has 2 rings (SSSR count). The van der Waals surface area contributed by atoms with Crippen molar-refractivity contribution in [3.8, 4) is 0 Å². The molecule has 0 aliphatic heterocycles. The molecule has 2 heteroatoms. The van der Waals surface area contributed by atoms with Crippen molar-refractivity contribution in [2.45, 2.75) is 20.8 Å². The van der Waals surface area contributed by atoms with Gasteiger partial charge < -0.3 is 4.40 Å². The van der Waals surface area contributed by atoms with E-state index in [0.717, 1.165) is 11.4 Å². The van der Waals surface area contributed by atoms with E-state index in [1.54, 1.807) is 6.20 Å². The van der Waals surface area contributed by atoms with Crippen molar-refractivity contribution < 1.29 is 0 Å². The molecule has 2 nitrogen and oxygen atoms in total. The quantitative estimate of drug-likeness (QED) is 0.603. The van der Waals surface area contributed by atoms with Crippen LogP contribution in [0.15, 0.2) is 36.9 Å². The average molecular weight is 176 g/mol. The van der Waals surface area contributed by atoms with Gasteiger partial charge in [0, 0.05) is 18.6 Å². The zero-order valence-corrected chi connectivity index (χ0v) is 8.44. The molecule has 0 saturated heterocycles. The minimum atomic E-state index is 0.833. The molecule has 0 bridgehead atoms. The van der Waals surface area contributed by atoms with Crippen LogP contribution in [0.5, 0.6) is 0 Å². The van der Waals surface area contributed by atoms with Crippen molar-refractivity contribution in [2.24, 2.45) is 5.92 Å². The smallest absolute Gasteiger partial charge is 0.0634 e. The topological polar surface area (TPSA) is 17.3 Å². The van der Waals surface area contributed by atoms with Crippen LogP contribution in [0.25, 0.3) is 5.52 Å². The molecule has 2 heterocycles. The van der Waals surface area contributed by atoms with Crippen molar-refractivity contribution in [3.63, 3.8) is 0 Å². The zero-order chi connectivity index (χ0) is 9.68. The maximum atomic E-state index is 3.96. The third-order valence-electron chi connectivity index (χ3n) is 1.33. The summed E-state index contributed by atoms with van der Waals surface area (Å²) in [5, 5.41) is 0. The Morgan fingerprint density at radius 3 is 2.54 bits per heavy atom. The third kappa shape index (κ3) is 3.28. The predicted octanol–water partition coefficient (Wildman–Crippen LogP) is 3.00. The van der Waals surface area contributed by atoms with Crippen molar-refractivity contribution in [1.82, 2.24) is 9.38 Å². The van der Waals surface area contributed by atoms with E-state index >= 15 is 0 Å². The van der Waals surface area contributed by atoms with Gasteiger partial charge >= 0.3 is 0 Å². The number of rotatable bonds is 0. The van der Waals surface area contributed by atoms with Crippen LogP contribution in [-0.2, 0) is 0 Å². The summed E-state index contributed by atoms with van der Waals surface area (Å²) < 4.78 is 2.02. The van der Waals surface area contributed by atoms with E-state index in [9.17, 15) is 0 Å². The van der Waals surface area contributed by atoms with Crippen LogP contribution >= 0.6 is 0 Å². The molecule has 2 aromatic rings. The van der Waals surface area contributed by atoms with Gasteiger partial charge in [0.05, 0.1) is 11.7 Å². The van der Waals surface area contributed by atoms with Gasteiger partial charge in [0.15, 0.2) is 0 Å². The summed E-state index contributed by atoms with van der Waals surface area (Å²) in [4.78, 5) is 3.96. The van der Waals surface area contributed by atoms with E-state index in [-0.39, 0.29) is 0 Å². The number of aromatic nitrogens is 2. The van der Waals surface area contributed by atoms with Crippen LogP contribution in [0, 0.1) is 5.92 Å². The first-order valence-electron chi connectivity index (χ1n) is 4.57. The first kappa shape index (κ1) is 9.78. The molecule has 0 aliphatic rings. The van der Waals surface area contributed by atoms with Crippen LogP contribution in [0.2, 0.25) is 0 Å². The highest BCUT2D eigenvalue weighted by Crippen LogP contribution is 1.98. The van der Waals surface area contributed by atoms with Crippen LogP contribution < -0.4 is 0 Å². The van der Waals surface area contributed by atoms with E-state index in [2.05, 4.69) is 25.8 Å². The van der Waals surface area contributed by atoms with Crippen molar-refractivity contribution in [3.05, 3.63) is 36.9 Å². The first-order valence-corrected chi connectivity index (χ1v) is 4.57. The van der Waals surface area contributed by atoms with Gasteiger partial charge in [-0.15, -0.1) is 0 Å². The molecule has 2 aromatic heterocycles. The van der Waals surface area contributed by atoms with E-state index in [4.69, 9.17) is 0 Å². The minimum absolute atomic E-state index is 0.833. The molecule has 0 saturated carbocycles. The Balaban J connectivity index is 0.000000184. The lowest BCUT2D eigenvalue weighted by molar-refractivity contribution is 0.737. The lowest BCUT2D eigenvalue weighted by Gasteiger charge is -1.87. The maximum Gasteiger partial charge on any atom is 0.0634 e. The van der Waals surface area contributed by atoms with Crippen molar-refractivity contribution in [2.75, 3.05) is 0 Å². The van der Waals surface area contributed by atoms with Gasteiger partial charge in [0.25, 0.3) is 0 Å². The lowest BCUT2D eigenvalue weighted by Crippen LogP contribution is -1.79. The lowest BCUT2D eigenvalue weighted by atomic mass is 10.3. The van der Waals surface area contributed by atoms with Crippen molar-refractivity contribution in [1.29, 1.82) is 0 Å². The van der Waals surface area contributed by atoms with E-state index in [1.165, 1.54) is 0 Å². The monoisotopic (exact) mass is 176 g/mol. The van der Waals surface area contributed by atoms with E-state index in [0.29, 0.717) is 0 Å². The molecule has 0 radical (unpaired) electrons. The fourth-order valence-electron chi connectivity index (χ4n) is 0.882. The molecular weight excluding hydrogens is 160 g/mol. The molecular formula is C11H16N2. The summed E-state index contributed by atoms with van der Waals surface area (Å²) in [6, 6.07) is 4.02. The fourth-order valence-corrected chi connectivity index (χ4v) is 0.882. The molecule has 0 spiro atoms. The Hall–Kier alpha value is -1.31. The number of hydrogen-bond acceptors (Lipinski definition) is 1. The molecule has 0 aliphatic carbocycles. The van der Waals surface area contributed by atoms with Gasteiger partial charge in [-0.2, -0.15) is 0 Å². The normalized spacial score (nSPS) is 9.85. The minimum Gasteiger partial charge on any atom is -0.321 e. The Labute approximate surface area is 79.2 Å². The standard InChI is InChI=1S/C7H6N2.C4H10/c1-2-7-6-8-3-5-9(7)4-1;1-4(2)3/h1-6H;4H,1-3H3. The van der Waals surface area contributed by atoms with Crippen LogP contribution in [0.3, 0.4) is 0 Å². The predicted molar refractivity (Wildman–Crippen MR) is 55.7 cm³/mol. The van der Waals surface area contributed by atoms with Crippen molar-refractivity contribution >= 4 is 5.52 Å². The summed E-state index contributed by atoms with van der Waals surface area (Å²) in [6.45, 7) is 6.50. The molecule has 0 amide bonds. The summed E-state index contributed by atoms with van der Waals surface area (Å²) in [5.74, 6) is 0.833. The van der Waals surface area contributed by atoms with Gasteiger partial charge in [-0.25, -0.2) is 0 Å². The maximum absolute atomic E-state index is 3.96. The van der Waals surface area contributed by atoms with E-state index < -0.39 is 0 Å². The van der Waals surface area contributed by atoms with Gasteiger partial charge in [-0.05, 0) is 18.1 Å². The summed E-state index contributed by atoms with van der Waals surface area (Å²) in [5.41, 5.74) is 1.14. The van der Waals surface area contributed by atoms with Gasteiger partial charge in [-0.3, -0.25) is 4.98 Å². The molecule has 0 atom stereocenters. The van der Waals surface area contributed by atoms with Gasteiger partial charge in [0.2, 0.25) is 0 Å². The first-order chi connectivity index (χ1) is 6.20. The van der Waals surface area contributed by atoms with Crippen LogP contribution in [0.4, 0.5) is 0 Å². The highest BCUT2D eigenvalue weighted by Gasteiger charge is 1.84.